The Kier molecular flexibility index (Phi) is 4.63. The molecule has 2 atom stereocenters. The number of aliphatic hydroxyl groups excluding tert-OH is 1. The van der Waals surface area contributed by atoms with E-state index in [1.54, 1.807) is 0 Å². The molecule has 0 amide bonds. The van der Waals surface area contributed by atoms with Gasteiger partial charge in [-0.2, -0.15) is 0 Å². The molecule has 6 heteroatoms. The SMILES string of the molecule is O=S(=O)(CCl)NCC1CCCC1CO. The smallest absolute Gasteiger partial charge is 0.225 e. The van der Waals surface area contributed by atoms with Crippen molar-refractivity contribution in [2.24, 2.45) is 11.8 Å². The van der Waals surface area contributed by atoms with Crippen molar-refractivity contribution in [2.45, 2.75) is 19.3 Å². The maximum Gasteiger partial charge on any atom is 0.225 e. The number of nitrogens with one attached hydrogen (secondary N) is 1. The third kappa shape index (κ3) is 3.38. The molecule has 0 aromatic carbocycles. The highest BCUT2D eigenvalue weighted by Gasteiger charge is 2.27. The molecule has 0 aromatic rings. The van der Waals surface area contributed by atoms with Gasteiger partial charge in [0.25, 0.3) is 0 Å². The van der Waals surface area contributed by atoms with E-state index in [1.807, 2.05) is 0 Å². The highest BCUT2D eigenvalue weighted by Crippen LogP contribution is 2.30. The van der Waals surface area contributed by atoms with E-state index in [9.17, 15) is 8.42 Å². The first kappa shape index (κ1) is 12.2. The minimum Gasteiger partial charge on any atom is -0.396 e. The standard InChI is InChI=1S/C8H16ClNO3S/c9-6-14(12,13)10-4-7-2-1-3-8(7)5-11/h7-8,10-11H,1-6H2. The van der Waals surface area contributed by atoms with Gasteiger partial charge in [-0.25, -0.2) is 13.1 Å². The molecule has 0 aromatic heterocycles. The molecule has 1 fully saturated rings. The van der Waals surface area contributed by atoms with Crippen LogP contribution < -0.4 is 4.72 Å². The molecule has 2 unspecified atom stereocenters. The Morgan fingerprint density at radius 3 is 2.57 bits per heavy atom. The first-order valence-electron chi connectivity index (χ1n) is 4.73. The van der Waals surface area contributed by atoms with Gasteiger partial charge in [-0.1, -0.05) is 6.42 Å². The zero-order valence-corrected chi connectivity index (χ0v) is 9.52. The minimum atomic E-state index is -3.30. The monoisotopic (exact) mass is 241 g/mol. The average Bonchev–Trinajstić information content (AvgIpc) is 2.62. The van der Waals surface area contributed by atoms with Crippen molar-refractivity contribution in [3.8, 4) is 0 Å². The van der Waals surface area contributed by atoms with E-state index >= 15 is 0 Å². The van der Waals surface area contributed by atoms with Gasteiger partial charge in [0, 0.05) is 13.2 Å². The van der Waals surface area contributed by atoms with Crippen molar-refractivity contribution >= 4 is 21.6 Å². The second-order valence-electron chi connectivity index (χ2n) is 3.71. The summed E-state index contributed by atoms with van der Waals surface area (Å²) in [5.41, 5.74) is 0. The van der Waals surface area contributed by atoms with Crippen LogP contribution in [0.2, 0.25) is 0 Å². The van der Waals surface area contributed by atoms with E-state index in [-0.39, 0.29) is 18.4 Å². The zero-order valence-electron chi connectivity index (χ0n) is 7.95. The fraction of sp³-hybridized carbons (Fsp3) is 1.00. The zero-order chi connectivity index (χ0) is 10.6. The molecule has 2 N–H and O–H groups in total. The normalized spacial score (nSPS) is 28.1. The van der Waals surface area contributed by atoms with Crippen LogP contribution in [0, 0.1) is 11.8 Å². The Balaban J connectivity index is 2.38. The third-order valence-electron chi connectivity index (χ3n) is 2.76. The van der Waals surface area contributed by atoms with E-state index in [4.69, 9.17) is 16.7 Å². The molecular formula is C8H16ClNO3S. The van der Waals surface area contributed by atoms with Crippen LogP contribution in [0.15, 0.2) is 0 Å². The maximum absolute atomic E-state index is 11.0. The molecule has 14 heavy (non-hydrogen) atoms. The van der Waals surface area contributed by atoms with Gasteiger partial charge >= 0.3 is 0 Å². The first-order valence-corrected chi connectivity index (χ1v) is 6.92. The molecule has 1 aliphatic rings. The predicted molar refractivity (Wildman–Crippen MR) is 55.6 cm³/mol. The van der Waals surface area contributed by atoms with Crippen molar-refractivity contribution in [1.82, 2.24) is 4.72 Å². The number of rotatable bonds is 5. The second kappa shape index (κ2) is 5.30. The van der Waals surface area contributed by atoms with Crippen LogP contribution in [0.3, 0.4) is 0 Å². The lowest BCUT2D eigenvalue weighted by molar-refractivity contribution is 0.195. The molecule has 1 aliphatic carbocycles. The summed E-state index contributed by atoms with van der Waals surface area (Å²) in [5.74, 6) is 0.506. The number of alkyl halides is 1. The maximum atomic E-state index is 11.0. The Labute approximate surface area is 89.7 Å². The molecule has 1 saturated carbocycles. The fourth-order valence-electron chi connectivity index (χ4n) is 1.90. The van der Waals surface area contributed by atoms with Crippen LogP contribution in [-0.4, -0.2) is 31.9 Å². The van der Waals surface area contributed by atoms with Gasteiger partial charge in [0.05, 0.1) is 0 Å². The van der Waals surface area contributed by atoms with E-state index in [0.717, 1.165) is 19.3 Å². The fourth-order valence-corrected chi connectivity index (χ4v) is 2.67. The summed E-state index contributed by atoms with van der Waals surface area (Å²) in [6.07, 6.45) is 3.04. The van der Waals surface area contributed by atoms with Gasteiger partial charge in [0.2, 0.25) is 10.0 Å². The van der Waals surface area contributed by atoms with Crippen molar-refractivity contribution in [3.63, 3.8) is 0 Å². The van der Waals surface area contributed by atoms with Gasteiger partial charge < -0.3 is 5.11 Å². The molecule has 0 radical (unpaired) electrons. The Hall–Kier alpha value is 0.160. The first-order chi connectivity index (χ1) is 6.59. The number of halogens is 1. The van der Waals surface area contributed by atoms with Crippen LogP contribution in [-0.2, 0) is 10.0 Å². The summed E-state index contributed by atoms with van der Waals surface area (Å²) in [6, 6.07) is 0. The highest BCUT2D eigenvalue weighted by molar-refractivity contribution is 7.90. The van der Waals surface area contributed by atoms with E-state index in [2.05, 4.69) is 4.72 Å². The van der Waals surface area contributed by atoms with Crippen LogP contribution in [0.1, 0.15) is 19.3 Å². The number of aliphatic hydroxyl groups is 1. The predicted octanol–water partition coefficient (Wildman–Crippen LogP) is 0.511. The molecule has 0 saturated heterocycles. The quantitative estimate of drug-likeness (QED) is 0.690. The summed E-state index contributed by atoms with van der Waals surface area (Å²) in [7, 11) is -3.30. The van der Waals surface area contributed by atoms with Gasteiger partial charge in [0.1, 0.15) is 5.21 Å². The van der Waals surface area contributed by atoms with E-state index in [1.165, 1.54) is 0 Å². The molecule has 1 rings (SSSR count). The molecule has 4 nitrogen and oxygen atoms in total. The van der Waals surface area contributed by atoms with Crippen LogP contribution >= 0.6 is 11.6 Å². The Morgan fingerprint density at radius 2 is 2.00 bits per heavy atom. The summed E-state index contributed by atoms with van der Waals surface area (Å²) in [4.78, 5) is 0. The number of hydrogen-bond acceptors (Lipinski definition) is 3. The summed E-state index contributed by atoms with van der Waals surface area (Å²) >= 11 is 5.25. The lowest BCUT2D eigenvalue weighted by atomic mass is 9.97. The minimum absolute atomic E-state index is 0.146. The average molecular weight is 242 g/mol. The van der Waals surface area contributed by atoms with Crippen molar-refractivity contribution < 1.29 is 13.5 Å². The lowest BCUT2D eigenvalue weighted by Gasteiger charge is -2.17. The molecule has 0 heterocycles. The van der Waals surface area contributed by atoms with Crippen LogP contribution in [0.25, 0.3) is 0 Å². The van der Waals surface area contributed by atoms with Gasteiger partial charge in [0.15, 0.2) is 0 Å². The van der Waals surface area contributed by atoms with Gasteiger partial charge in [-0.3, -0.25) is 0 Å². The Morgan fingerprint density at radius 1 is 1.36 bits per heavy atom. The van der Waals surface area contributed by atoms with Crippen molar-refractivity contribution in [2.75, 3.05) is 18.4 Å². The van der Waals surface area contributed by atoms with Crippen LogP contribution in [0.4, 0.5) is 0 Å². The number of hydrogen-bond donors (Lipinski definition) is 2. The molecular weight excluding hydrogens is 226 g/mol. The molecule has 0 spiro atoms. The molecule has 0 bridgehead atoms. The Bertz CT molecular complexity index is 268. The number of sulfonamides is 1. The van der Waals surface area contributed by atoms with E-state index < -0.39 is 15.2 Å². The molecule has 84 valence electrons. The van der Waals surface area contributed by atoms with Gasteiger partial charge in [-0.15, -0.1) is 11.6 Å². The highest BCUT2D eigenvalue weighted by atomic mass is 35.5. The summed E-state index contributed by atoms with van der Waals surface area (Å²) in [5, 5.41) is 8.62. The molecule has 0 aliphatic heterocycles. The van der Waals surface area contributed by atoms with Crippen LogP contribution in [0.5, 0.6) is 0 Å². The lowest BCUT2D eigenvalue weighted by Crippen LogP contribution is -2.32. The van der Waals surface area contributed by atoms with E-state index in [0.29, 0.717) is 6.54 Å². The summed E-state index contributed by atoms with van der Waals surface area (Å²) in [6.45, 7) is 0.549. The third-order valence-corrected chi connectivity index (χ3v) is 4.52. The largest absolute Gasteiger partial charge is 0.396 e. The van der Waals surface area contributed by atoms with Crippen molar-refractivity contribution in [1.29, 1.82) is 0 Å². The summed E-state index contributed by atoms with van der Waals surface area (Å²) < 4.78 is 24.5. The van der Waals surface area contributed by atoms with Crippen molar-refractivity contribution in [3.05, 3.63) is 0 Å². The second-order valence-corrected chi connectivity index (χ2v) is 6.10. The topological polar surface area (TPSA) is 66.4 Å². The van der Waals surface area contributed by atoms with Gasteiger partial charge in [-0.05, 0) is 24.7 Å².